The zero-order chi connectivity index (χ0) is 12.9. The molecule has 4 nitrogen and oxygen atoms in total. The fraction of sp³-hybridized carbons (Fsp3) is 0.400. The molecule has 0 spiro atoms. The summed E-state index contributed by atoms with van der Waals surface area (Å²) in [5, 5.41) is 11.0. The topological polar surface area (TPSA) is 47.3 Å². The molecule has 0 bridgehead atoms. The van der Waals surface area contributed by atoms with Gasteiger partial charge in [0.2, 0.25) is 0 Å². The summed E-state index contributed by atoms with van der Waals surface area (Å²) in [4.78, 5) is 4.23. The minimum Gasteiger partial charge on any atom is -0.385 e. The Bertz CT molecular complexity index is 614. The van der Waals surface area contributed by atoms with Crippen LogP contribution in [-0.4, -0.2) is 33.5 Å². The molecule has 0 radical (unpaired) electrons. The maximum atomic E-state index is 11.0. The normalized spacial score (nSPS) is 29.0. The first-order chi connectivity index (χ1) is 9.30. The first-order valence-electron chi connectivity index (χ1n) is 6.71. The molecule has 1 N–H and O–H groups in total. The third kappa shape index (κ3) is 1.50. The number of nitrogens with zero attached hydrogens (tertiary/aromatic N) is 2. The smallest absolute Gasteiger partial charge is 0.113 e. The van der Waals surface area contributed by atoms with Gasteiger partial charge in [-0.2, -0.15) is 0 Å². The predicted molar refractivity (Wildman–Crippen MR) is 70.8 cm³/mol. The molecule has 4 rings (SSSR count). The summed E-state index contributed by atoms with van der Waals surface area (Å²) in [5.41, 5.74) is 2.59. The lowest BCUT2D eigenvalue weighted by Crippen LogP contribution is -2.45. The number of hydrogen-bond donors (Lipinski definition) is 1. The Kier molecular flexibility index (Phi) is 2.31. The minimum absolute atomic E-state index is 0.0819. The van der Waals surface area contributed by atoms with Crippen LogP contribution >= 0.6 is 0 Å². The van der Waals surface area contributed by atoms with Gasteiger partial charge in [0, 0.05) is 12.2 Å². The molecule has 4 heteroatoms. The Morgan fingerprint density at radius 2 is 2.26 bits per heavy atom. The molecule has 1 saturated heterocycles. The van der Waals surface area contributed by atoms with Gasteiger partial charge in [-0.15, -0.1) is 0 Å². The molecular formula is C15H16N2O2. The van der Waals surface area contributed by atoms with Crippen molar-refractivity contribution in [3.8, 4) is 11.3 Å². The van der Waals surface area contributed by atoms with Crippen molar-refractivity contribution in [2.75, 3.05) is 13.2 Å². The summed E-state index contributed by atoms with van der Waals surface area (Å²) in [7, 11) is 0. The van der Waals surface area contributed by atoms with Crippen LogP contribution in [0.5, 0.6) is 0 Å². The molecule has 1 aromatic carbocycles. The largest absolute Gasteiger partial charge is 0.385 e. The number of hydrogen-bond acceptors (Lipinski definition) is 3. The van der Waals surface area contributed by atoms with E-state index in [4.69, 9.17) is 4.74 Å². The van der Waals surface area contributed by atoms with Gasteiger partial charge in [0.15, 0.2) is 0 Å². The van der Waals surface area contributed by atoms with Crippen LogP contribution in [0.4, 0.5) is 0 Å². The second-order valence-electron chi connectivity index (χ2n) is 5.44. The standard InChI is InChI=1S/C15H16N2O2/c18-15(6-3-7-19-9-15)14-12-5-2-1-4-11(12)13-8-16-10-17(13)14/h1-2,4-5,8,10,14,18H,3,6-7,9H2/t14-,15-/m0/s1. The molecule has 0 amide bonds. The van der Waals surface area contributed by atoms with Gasteiger partial charge in [-0.1, -0.05) is 24.3 Å². The van der Waals surface area contributed by atoms with Gasteiger partial charge in [0.1, 0.15) is 5.60 Å². The molecule has 0 unspecified atom stereocenters. The molecule has 2 aromatic rings. The number of rotatable bonds is 1. The van der Waals surface area contributed by atoms with Crippen LogP contribution in [0.25, 0.3) is 11.3 Å². The van der Waals surface area contributed by atoms with Crippen LogP contribution in [-0.2, 0) is 4.74 Å². The van der Waals surface area contributed by atoms with Gasteiger partial charge in [-0.05, 0) is 18.4 Å². The molecule has 0 aliphatic carbocycles. The predicted octanol–water partition coefficient (Wildman–Crippen LogP) is 1.99. The molecule has 1 fully saturated rings. The number of fused-ring (bicyclic) bond motifs is 3. The van der Waals surface area contributed by atoms with Gasteiger partial charge in [-0.25, -0.2) is 4.98 Å². The third-order valence-corrected chi connectivity index (χ3v) is 4.23. The van der Waals surface area contributed by atoms with E-state index >= 15 is 0 Å². The van der Waals surface area contributed by atoms with Crippen molar-refractivity contribution in [2.45, 2.75) is 24.5 Å². The van der Waals surface area contributed by atoms with E-state index < -0.39 is 5.60 Å². The first-order valence-corrected chi connectivity index (χ1v) is 6.71. The highest BCUT2D eigenvalue weighted by molar-refractivity contribution is 5.69. The van der Waals surface area contributed by atoms with Crippen molar-refractivity contribution in [3.63, 3.8) is 0 Å². The molecule has 98 valence electrons. The van der Waals surface area contributed by atoms with Gasteiger partial charge in [0.25, 0.3) is 0 Å². The summed E-state index contributed by atoms with van der Waals surface area (Å²) in [6, 6.07) is 8.16. The lowest BCUT2D eigenvalue weighted by atomic mass is 9.84. The van der Waals surface area contributed by atoms with E-state index in [1.54, 1.807) is 0 Å². The third-order valence-electron chi connectivity index (χ3n) is 4.23. The number of ether oxygens (including phenoxy) is 1. The quantitative estimate of drug-likeness (QED) is 0.849. The van der Waals surface area contributed by atoms with Crippen molar-refractivity contribution in [1.29, 1.82) is 0 Å². The monoisotopic (exact) mass is 256 g/mol. The number of aromatic nitrogens is 2. The second-order valence-corrected chi connectivity index (χ2v) is 5.44. The van der Waals surface area contributed by atoms with E-state index in [0.29, 0.717) is 6.61 Å². The summed E-state index contributed by atoms with van der Waals surface area (Å²) < 4.78 is 7.60. The molecule has 3 heterocycles. The molecular weight excluding hydrogens is 240 g/mol. The Morgan fingerprint density at radius 3 is 3.11 bits per heavy atom. The molecule has 19 heavy (non-hydrogen) atoms. The van der Waals surface area contributed by atoms with Crippen molar-refractivity contribution in [1.82, 2.24) is 9.55 Å². The molecule has 0 saturated carbocycles. The van der Waals surface area contributed by atoms with Gasteiger partial charge in [0.05, 0.1) is 30.9 Å². The van der Waals surface area contributed by atoms with E-state index in [0.717, 1.165) is 25.1 Å². The Hall–Kier alpha value is -1.65. The van der Waals surface area contributed by atoms with Crippen molar-refractivity contribution in [3.05, 3.63) is 42.4 Å². The average Bonchev–Trinajstić information content (AvgIpc) is 2.99. The molecule has 1 aromatic heterocycles. The SMILES string of the molecule is O[C@@]1([C@@H]2c3ccccc3-c3cncn32)CCCOC1. The lowest BCUT2D eigenvalue weighted by molar-refractivity contribution is -0.105. The van der Waals surface area contributed by atoms with Crippen LogP contribution in [0, 0.1) is 0 Å². The highest BCUT2D eigenvalue weighted by atomic mass is 16.5. The Morgan fingerprint density at radius 1 is 1.37 bits per heavy atom. The van der Waals surface area contributed by atoms with Crippen LogP contribution in [0.2, 0.25) is 0 Å². The lowest BCUT2D eigenvalue weighted by Gasteiger charge is -2.38. The van der Waals surface area contributed by atoms with Crippen LogP contribution in [0.15, 0.2) is 36.8 Å². The fourth-order valence-corrected chi connectivity index (χ4v) is 3.40. The minimum atomic E-state index is -0.833. The molecule has 2 atom stereocenters. The summed E-state index contributed by atoms with van der Waals surface area (Å²) in [6.45, 7) is 1.14. The van der Waals surface area contributed by atoms with Gasteiger partial charge >= 0.3 is 0 Å². The van der Waals surface area contributed by atoms with Crippen molar-refractivity contribution < 1.29 is 9.84 Å². The van der Waals surface area contributed by atoms with Gasteiger partial charge < -0.3 is 14.4 Å². The molecule has 2 aliphatic heterocycles. The summed E-state index contributed by atoms with van der Waals surface area (Å²) >= 11 is 0. The second kappa shape index (κ2) is 3.92. The van der Waals surface area contributed by atoms with Crippen molar-refractivity contribution >= 4 is 0 Å². The van der Waals surface area contributed by atoms with Crippen LogP contribution < -0.4 is 0 Å². The molecule has 2 aliphatic rings. The van der Waals surface area contributed by atoms with E-state index in [1.807, 2.05) is 24.7 Å². The van der Waals surface area contributed by atoms with E-state index in [-0.39, 0.29) is 6.04 Å². The fourth-order valence-electron chi connectivity index (χ4n) is 3.40. The maximum absolute atomic E-state index is 11.0. The number of benzene rings is 1. The van der Waals surface area contributed by atoms with Crippen molar-refractivity contribution in [2.24, 2.45) is 0 Å². The zero-order valence-electron chi connectivity index (χ0n) is 10.6. The number of imidazole rings is 1. The van der Waals surface area contributed by atoms with Crippen LogP contribution in [0.3, 0.4) is 0 Å². The average molecular weight is 256 g/mol. The van der Waals surface area contributed by atoms with Gasteiger partial charge in [-0.3, -0.25) is 0 Å². The number of aliphatic hydroxyl groups is 1. The highest BCUT2D eigenvalue weighted by Gasteiger charge is 2.45. The maximum Gasteiger partial charge on any atom is 0.113 e. The zero-order valence-corrected chi connectivity index (χ0v) is 10.6. The van der Waals surface area contributed by atoms with E-state index in [2.05, 4.69) is 21.7 Å². The summed E-state index contributed by atoms with van der Waals surface area (Å²) in [5.74, 6) is 0. The Balaban J connectivity index is 1.89. The van der Waals surface area contributed by atoms with Crippen LogP contribution in [0.1, 0.15) is 24.4 Å². The summed E-state index contributed by atoms with van der Waals surface area (Å²) in [6.07, 6.45) is 5.35. The van der Waals surface area contributed by atoms with E-state index in [1.165, 1.54) is 11.1 Å². The highest BCUT2D eigenvalue weighted by Crippen LogP contribution is 2.46. The van der Waals surface area contributed by atoms with E-state index in [9.17, 15) is 5.11 Å². The Labute approximate surface area is 111 Å². The first kappa shape index (κ1) is 11.2.